The lowest BCUT2D eigenvalue weighted by atomic mass is 10.1. The number of benzene rings is 1. The van der Waals surface area contributed by atoms with Crippen molar-refractivity contribution in [1.82, 2.24) is 15.6 Å². The lowest BCUT2D eigenvalue weighted by Gasteiger charge is -2.07. The average molecular weight is 255 g/mol. The van der Waals surface area contributed by atoms with Crippen LogP contribution in [-0.2, 0) is 13.0 Å². The second kappa shape index (κ2) is 7.16. The molecule has 0 atom stereocenters. The average Bonchev–Trinajstić information content (AvgIpc) is 2.47. The first-order chi connectivity index (χ1) is 9.34. The molecule has 0 unspecified atom stereocenters. The standard InChI is InChI=1S/C15H17N3O/c19-15(18-12-14-6-9-16-10-7-14)17-11-8-13-4-2-1-3-5-13/h1-7,9-10H,8,11-12H2,(H2,17,18,19). The van der Waals surface area contributed by atoms with Crippen LogP contribution in [0.1, 0.15) is 11.1 Å². The third-order valence-corrected chi connectivity index (χ3v) is 2.74. The van der Waals surface area contributed by atoms with Crippen LogP contribution in [0, 0.1) is 0 Å². The molecule has 98 valence electrons. The van der Waals surface area contributed by atoms with Crippen molar-refractivity contribution < 1.29 is 4.79 Å². The van der Waals surface area contributed by atoms with Crippen LogP contribution < -0.4 is 10.6 Å². The van der Waals surface area contributed by atoms with E-state index in [2.05, 4.69) is 27.8 Å². The summed E-state index contributed by atoms with van der Waals surface area (Å²) >= 11 is 0. The van der Waals surface area contributed by atoms with E-state index in [0.29, 0.717) is 13.1 Å². The van der Waals surface area contributed by atoms with Crippen molar-refractivity contribution in [2.24, 2.45) is 0 Å². The van der Waals surface area contributed by atoms with Gasteiger partial charge < -0.3 is 10.6 Å². The van der Waals surface area contributed by atoms with Crippen molar-refractivity contribution in [2.45, 2.75) is 13.0 Å². The highest BCUT2D eigenvalue weighted by atomic mass is 16.2. The molecule has 0 spiro atoms. The van der Waals surface area contributed by atoms with Crippen LogP contribution in [0.5, 0.6) is 0 Å². The van der Waals surface area contributed by atoms with Gasteiger partial charge in [-0.15, -0.1) is 0 Å². The molecule has 4 heteroatoms. The maximum absolute atomic E-state index is 11.6. The van der Waals surface area contributed by atoms with Crippen LogP contribution in [0.4, 0.5) is 4.79 Å². The van der Waals surface area contributed by atoms with E-state index in [1.807, 2.05) is 30.3 Å². The molecule has 0 aliphatic rings. The maximum Gasteiger partial charge on any atom is 0.315 e. The van der Waals surface area contributed by atoms with Gasteiger partial charge in [-0.1, -0.05) is 30.3 Å². The van der Waals surface area contributed by atoms with E-state index in [9.17, 15) is 4.79 Å². The molecule has 0 saturated carbocycles. The van der Waals surface area contributed by atoms with Gasteiger partial charge in [0.1, 0.15) is 0 Å². The zero-order valence-electron chi connectivity index (χ0n) is 10.7. The van der Waals surface area contributed by atoms with E-state index < -0.39 is 0 Å². The van der Waals surface area contributed by atoms with Gasteiger partial charge in [-0.05, 0) is 29.7 Å². The third kappa shape index (κ3) is 4.79. The number of rotatable bonds is 5. The van der Waals surface area contributed by atoms with Gasteiger partial charge in [-0.3, -0.25) is 4.98 Å². The summed E-state index contributed by atoms with van der Waals surface area (Å²) in [6, 6.07) is 13.7. The first-order valence-electron chi connectivity index (χ1n) is 6.29. The van der Waals surface area contributed by atoms with Gasteiger partial charge in [-0.2, -0.15) is 0 Å². The number of carbonyl (C=O) groups is 1. The zero-order chi connectivity index (χ0) is 13.3. The summed E-state index contributed by atoms with van der Waals surface area (Å²) in [7, 11) is 0. The predicted octanol–water partition coefficient (Wildman–Crippen LogP) is 2.12. The number of hydrogen-bond acceptors (Lipinski definition) is 2. The topological polar surface area (TPSA) is 54.0 Å². The predicted molar refractivity (Wildman–Crippen MR) is 74.6 cm³/mol. The van der Waals surface area contributed by atoms with Gasteiger partial charge in [0, 0.05) is 25.5 Å². The number of urea groups is 1. The fourth-order valence-electron chi connectivity index (χ4n) is 1.71. The van der Waals surface area contributed by atoms with Crippen LogP contribution in [0.25, 0.3) is 0 Å². The lowest BCUT2D eigenvalue weighted by Crippen LogP contribution is -2.36. The van der Waals surface area contributed by atoms with Gasteiger partial charge in [-0.25, -0.2) is 4.79 Å². The van der Waals surface area contributed by atoms with Crippen LogP contribution in [0.15, 0.2) is 54.9 Å². The number of hydrogen-bond donors (Lipinski definition) is 2. The Hall–Kier alpha value is -2.36. The highest BCUT2D eigenvalue weighted by molar-refractivity contribution is 5.73. The molecule has 2 N–H and O–H groups in total. The number of nitrogens with zero attached hydrogens (tertiary/aromatic N) is 1. The Morgan fingerprint density at radius 1 is 0.947 bits per heavy atom. The fraction of sp³-hybridized carbons (Fsp3) is 0.200. The molecule has 0 saturated heterocycles. The Kier molecular flexibility index (Phi) is 4.93. The second-order valence-corrected chi connectivity index (χ2v) is 4.20. The summed E-state index contributed by atoms with van der Waals surface area (Å²) in [4.78, 5) is 15.5. The van der Waals surface area contributed by atoms with Crippen molar-refractivity contribution in [3.8, 4) is 0 Å². The van der Waals surface area contributed by atoms with E-state index in [1.54, 1.807) is 12.4 Å². The van der Waals surface area contributed by atoms with Crippen LogP contribution in [0.2, 0.25) is 0 Å². The van der Waals surface area contributed by atoms with Gasteiger partial charge >= 0.3 is 6.03 Å². The molecular formula is C15H17N3O. The van der Waals surface area contributed by atoms with Crippen LogP contribution >= 0.6 is 0 Å². The number of nitrogens with one attached hydrogen (secondary N) is 2. The normalized spacial score (nSPS) is 9.89. The highest BCUT2D eigenvalue weighted by Crippen LogP contribution is 1.98. The molecule has 19 heavy (non-hydrogen) atoms. The van der Waals surface area contributed by atoms with E-state index in [-0.39, 0.29) is 6.03 Å². The zero-order valence-corrected chi connectivity index (χ0v) is 10.7. The van der Waals surface area contributed by atoms with Gasteiger partial charge in [0.05, 0.1) is 0 Å². The molecule has 1 heterocycles. The number of aromatic nitrogens is 1. The van der Waals surface area contributed by atoms with E-state index in [1.165, 1.54) is 5.56 Å². The Balaban J connectivity index is 1.65. The molecule has 2 rings (SSSR count). The molecular weight excluding hydrogens is 238 g/mol. The second-order valence-electron chi connectivity index (χ2n) is 4.20. The van der Waals surface area contributed by atoms with Crippen molar-refractivity contribution in [3.63, 3.8) is 0 Å². The molecule has 0 aliphatic carbocycles. The lowest BCUT2D eigenvalue weighted by molar-refractivity contribution is 0.240. The van der Waals surface area contributed by atoms with Gasteiger partial charge in [0.25, 0.3) is 0 Å². The van der Waals surface area contributed by atoms with E-state index in [0.717, 1.165) is 12.0 Å². The molecule has 1 aromatic carbocycles. The first-order valence-corrected chi connectivity index (χ1v) is 6.29. The largest absolute Gasteiger partial charge is 0.338 e. The number of amides is 2. The molecule has 0 aliphatic heterocycles. The minimum atomic E-state index is -0.146. The summed E-state index contributed by atoms with van der Waals surface area (Å²) in [6.07, 6.45) is 4.26. The number of pyridine rings is 1. The molecule has 4 nitrogen and oxygen atoms in total. The molecule has 2 aromatic rings. The number of carbonyl (C=O) groups excluding carboxylic acids is 1. The SMILES string of the molecule is O=C(NCCc1ccccc1)NCc1ccncc1. The Morgan fingerprint density at radius 2 is 1.68 bits per heavy atom. The molecule has 1 aromatic heterocycles. The molecule has 0 bridgehead atoms. The Morgan fingerprint density at radius 3 is 2.42 bits per heavy atom. The third-order valence-electron chi connectivity index (χ3n) is 2.74. The summed E-state index contributed by atoms with van der Waals surface area (Å²) in [6.45, 7) is 1.14. The summed E-state index contributed by atoms with van der Waals surface area (Å²) < 4.78 is 0. The minimum Gasteiger partial charge on any atom is -0.338 e. The molecule has 0 fully saturated rings. The first kappa shape index (κ1) is 13.1. The molecule has 2 amide bonds. The van der Waals surface area contributed by atoms with E-state index in [4.69, 9.17) is 0 Å². The molecule has 0 radical (unpaired) electrons. The Bertz CT molecular complexity index is 499. The van der Waals surface area contributed by atoms with Gasteiger partial charge in [0.2, 0.25) is 0 Å². The fourth-order valence-corrected chi connectivity index (χ4v) is 1.71. The minimum absolute atomic E-state index is 0.146. The van der Waals surface area contributed by atoms with Crippen LogP contribution in [-0.4, -0.2) is 17.6 Å². The van der Waals surface area contributed by atoms with E-state index >= 15 is 0 Å². The quantitative estimate of drug-likeness (QED) is 0.860. The highest BCUT2D eigenvalue weighted by Gasteiger charge is 1.99. The van der Waals surface area contributed by atoms with Crippen molar-refractivity contribution in [3.05, 3.63) is 66.0 Å². The summed E-state index contributed by atoms with van der Waals surface area (Å²) in [5.74, 6) is 0. The maximum atomic E-state index is 11.6. The Labute approximate surface area is 112 Å². The smallest absolute Gasteiger partial charge is 0.315 e. The van der Waals surface area contributed by atoms with Crippen LogP contribution in [0.3, 0.4) is 0 Å². The van der Waals surface area contributed by atoms with Crippen molar-refractivity contribution in [2.75, 3.05) is 6.54 Å². The van der Waals surface area contributed by atoms with Crippen molar-refractivity contribution >= 4 is 6.03 Å². The summed E-state index contributed by atoms with van der Waals surface area (Å²) in [5, 5.41) is 5.64. The summed E-state index contributed by atoms with van der Waals surface area (Å²) in [5.41, 5.74) is 2.25. The monoisotopic (exact) mass is 255 g/mol. The van der Waals surface area contributed by atoms with Crippen molar-refractivity contribution in [1.29, 1.82) is 0 Å². The van der Waals surface area contributed by atoms with Gasteiger partial charge in [0.15, 0.2) is 0 Å².